The molecule has 246 valence electrons. The smallest absolute Gasteiger partial charge is 0.275 e. The third-order valence-corrected chi connectivity index (χ3v) is 10.1. The molecular weight excluding hydrogens is 557 g/mol. The first-order chi connectivity index (χ1) is 20.8. The van der Waals surface area contributed by atoms with Gasteiger partial charge in [-0.25, -0.2) is 4.67 Å². The van der Waals surface area contributed by atoms with Gasteiger partial charge in [-0.2, -0.15) is 5.26 Å². The maximum atomic E-state index is 11.9. The number of nitro benzene ring substituents is 1. The molecule has 43 heavy (non-hydrogen) atoms. The summed E-state index contributed by atoms with van der Waals surface area (Å²) in [4.78, 5) is 11.6. The van der Waals surface area contributed by atoms with Crippen molar-refractivity contribution in [2.45, 2.75) is 175 Å². The molecule has 2 atom stereocenters. The Bertz CT molecular complexity index is 869. The summed E-state index contributed by atoms with van der Waals surface area (Å²) in [5.41, 5.74) is 0.694. The van der Waals surface area contributed by atoms with Gasteiger partial charge in [0.05, 0.1) is 35.7 Å². The number of nitrogens with zero attached hydrogens (tertiary/aromatic N) is 3. The van der Waals surface area contributed by atoms with E-state index in [0.29, 0.717) is 12.0 Å². The number of nitriles is 1. The van der Waals surface area contributed by atoms with Crippen molar-refractivity contribution < 1.29 is 14.0 Å². The molecule has 0 aliphatic rings. The SMILES string of the molecule is CCCCCCCCCCCCCCCCCCCC(OP(OCCC#N)N(C(C)C)C(C)C)c1ccccc1[N+](=O)[O-]. The van der Waals surface area contributed by atoms with Crippen LogP contribution in [0, 0.1) is 21.4 Å². The lowest BCUT2D eigenvalue weighted by molar-refractivity contribution is -0.386. The number of hydrogen-bond donors (Lipinski definition) is 0. The van der Waals surface area contributed by atoms with E-state index < -0.39 is 14.6 Å². The molecule has 0 bridgehead atoms. The first kappa shape index (κ1) is 39.4. The van der Waals surface area contributed by atoms with E-state index in [9.17, 15) is 10.1 Å². The molecule has 2 unspecified atom stereocenters. The van der Waals surface area contributed by atoms with Gasteiger partial charge in [-0.1, -0.05) is 128 Å². The third-order valence-electron chi connectivity index (χ3n) is 7.93. The van der Waals surface area contributed by atoms with Crippen LogP contribution in [-0.2, 0) is 9.05 Å². The van der Waals surface area contributed by atoms with E-state index in [1.54, 1.807) is 12.1 Å². The van der Waals surface area contributed by atoms with Crippen LogP contribution >= 0.6 is 8.53 Å². The van der Waals surface area contributed by atoms with Gasteiger partial charge in [-0.05, 0) is 40.2 Å². The van der Waals surface area contributed by atoms with Crippen LogP contribution in [0.5, 0.6) is 0 Å². The molecule has 1 aromatic carbocycles. The minimum atomic E-state index is -1.49. The fourth-order valence-corrected chi connectivity index (χ4v) is 7.39. The van der Waals surface area contributed by atoms with Crippen molar-refractivity contribution in [1.29, 1.82) is 5.26 Å². The standard InChI is InChI=1S/C35H62N3O4P/c1-6-7-8-9-10-11-12-13-14-15-16-17-18-19-20-21-22-28-35(33-26-23-24-27-34(33)38(39)40)42-43(41-30-25-29-36)37(31(2)3)32(4)5/h23-24,26-27,31-32,35H,6-22,25,28,30H2,1-5H3. The molecule has 0 fully saturated rings. The summed E-state index contributed by atoms with van der Waals surface area (Å²) in [7, 11) is -1.49. The number of nitro groups is 1. The number of para-hydroxylation sites is 1. The lowest BCUT2D eigenvalue weighted by Crippen LogP contribution is -2.34. The first-order valence-electron chi connectivity index (χ1n) is 17.3. The second-order valence-electron chi connectivity index (χ2n) is 12.4. The minimum absolute atomic E-state index is 0.0899. The highest BCUT2D eigenvalue weighted by Crippen LogP contribution is 2.51. The third kappa shape index (κ3) is 18.1. The Hall–Kier alpha value is -1.58. The summed E-state index contributed by atoms with van der Waals surface area (Å²) in [6.45, 7) is 11.0. The zero-order valence-corrected chi connectivity index (χ0v) is 29.0. The number of hydrogen-bond acceptors (Lipinski definition) is 6. The molecule has 7 nitrogen and oxygen atoms in total. The lowest BCUT2D eigenvalue weighted by atomic mass is 10.00. The van der Waals surface area contributed by atoms with Crippen LogP contribution in [-0.4, -0.2) is 28.3 Å². The van der Waals surface area contributed by atoms with Crippen LogP contribution in [0.3, 0.4) is 0 Å². The molecule has 0 aliphatic heterocycles. The zero-order valence-electron chi connectivity index (χ0n) is 28.1. The normalized spacial score (nSPS) is 13.1. The molecule has 0 spiro atoms. The van der Waals surface area contributed by atoms with Crippen molar-refractivity contribution in [1.82, 2.24) is 4.67 Å². The van der Waals surface area contributed by atoms with Crippen LogP contribution in [0.2, 0.25) is 0 Å². The predicted molar refractivity (Wildman–Crippen MR) is 181 cm³/mol. The molecule has 8 heteroatoms. The molecule has 0 aliphatic carbocycles. The summed E-state index contributed by atoms with van der Waals surface area (Å²) in [6, 6.07) is 9.39. The van der Waals surface area contributed by atoms with Crippen molar-refractivity contribution in [3.8, 4) is 6.07 Å². The van der Waals surface area contributed by atoms with Gasteiger partial charge < -0.3 is 9.05 Å². The van der Waals surface area contributed by atoms with E-state index in [2.05, 4.69) is 45.4 Å². The Morgan fingerprint density at radius 1 is 0.814 bits per heavy atom. The second-order valence-corrected chi connectivity index (χ2v) is 13.8. The van der Waals surface area contributed by atoms with Crippen LogP contribution in [0.1, 0.15) is 168 Å². The van der Waals surface area contributed by atoms with E-state index >= 15 is 0 Å². The fourth-order valence-electron chi connectivity index (χ4n) is 5.65. The summed E-state index contributed by atoms with van der Waals surface area (Å²) in [5, 5.41) is 20.9. The van der Waals surface area contributed by atoms with E-state index in [4.69, 9.17) is 14.3 Å². The van der Waals surface area contributed by atoms with Crippen molar-refractivity contribution in [3.05, 3.63) is 39.9 Å². The second kappa shape index (κ2) is 25.7. The monoisotopic (exact) mass is 619 g/mol. The summed E-state index contributed by atoms with van der Waals surface area (Å²) in [5.74, 6) is 0. The van der Waals surface area contributed by atoms with Gasteiger partial charge in [0.15, 0.2) is 0 Å². The Morgan fingerprint density at radius 2 is 1.28 bits per heavy atom. The average molecular weight is 620 g/mol. The molecule has 0 saturated carbocycles. The van der Waals surface area contributed by atoms with Gasteiger partial charge >= 0.3 is 0 Å². The highest BCUT2D eigenvalue weighted by Gasteiger charge is 2.32. The van der Waals surface area contributed by atoms with Crippen LogP contribution in [0.25, 0.3) is 0 Å². The lowest BCUT2D eigenvalue weighted by Gasteiger charge is -2.37. The zero-order chi connectivity index (χ0) is 31.7. The molecular formula is C35H62N3O4P. The Labute approximate surface area is 265 Å². The predicted octanol–water partition coefficient (Wildman–Crippen LogP) is 12.0. The van der Waals surface area contributed by atoms with Gasteiger partial charge in [0.25, 0.3) is 14.2 Å². The highest BCUT2D eigenvalue weighted by atomic mass is 31.2. The Morgan fingerprint density at radius 3 is 1.72 bits per heavy atom. The van der Waals surface area contributed by atoms with E-state index in [1.807, 2.05) is 12.1 Å². The van der Waals surface area contributed by atoms with Gasteiger partial charge in [0.2, 0.25) is 0 Å². The molecule has 1 rings (SSSR count). The number of benzene rings is 1. The maximum Gasteiger partial charge on any atom is 0.275 e. The van der Waals surface area contributed by atoms with Gasteiger partial charge in [-0.3, -0.25) is 10.1 Å². The minimum Gasteiger partial charge on any atom is -0.321 e. The maximum absolute atomic E-state index is 11.9. The summed E-state index contributed by atoms with van der Waals surface area (Å²) < 4.78 is 15.0. The molecule has 0 amide bonds. The van der Waals surface area contributed by atoms with Gasteiger partial charge in [0, 0.05) is 18.2 Å². The Balaban J connectivity index is 2.54. The Kier molecular flexibility index (Phi) is 23.6. The van der Waals surface area contributed by atoms with Crippen LogP contribution in [0.4, 0.5) is 5.69 Å². The summed E-state index contributed by atoms with van der Waals surface area (Å²) >= 11 is 0. The van der Waals surface area contributed by atoms with Crippen molar-refractivity contribution >= 4 is 14.2 Å². The van der Waals surface area contributed by atoms with Gasteiger partial charge in [0.1, 0.15) is 0 Å². The molecule has 0 heterocycles. The summed E-state index contributed by atoms with van der Waals surface area (Å²) in [6.07, 6.45) is 22.9. The average Bonchev–Trinajstić information content (AvgIpc) is 2.97. The number of unbranched alkanes of at least 4 members (excludes halogenated alkanes) is 16. The number of rotatable bonds is 28. The largest absolute Gasteiger partial charge is 0.321 e. The van der Waals surface area contributed by atoms with Gasteiger partial charge in [-0.15, -0.1) is 0 Å². The van der Waals surface area contributed by atoms with Crippen LogP contribution in [0.15, 0.2) is 24.3 Å². The van der Waals surface area contributed by atoms with E-state index in [-0.39, 0.29) is 35.7 Å². The molecule has 0 saturated heterocycles. The fraction of sp³-hybridized carbons (Fsp3) is 0.800. The van der Waals surface area contributed by atoms with Crippen molar-refractivity contribution in [3.63, 3.8) is 0 Å². The van der Waals surface area contributed by atoms with E-state index in [0.717, 1.165) is 12.8 Å². The molecule has 1 aromatic rings. The topological polar surface area (TPSA) is 88.6 Å². The molecule has 0 radical (unpaired) electrons. The van der Waals surface area contributed by atoms with Crippen molar-refractivity contribution in [2.75, 3.05) is 6.61 Å². The highest BCUT2D eigenvalue weighted by molar-refractivity contribution is 7.44. The van der Waals surface area contributed by atoms with E-state index in [1.165, 1.54) is 96.3 Å². The van der Waals surface area contributed by atoms with Crippen LogP contribution < -0.4 is 0 Å². The molecule has 0 aromatic heterocycles. The molecule has 0 N–H and O–H groups in total. The first-order valence-corrected chi connectivity index (χ1v) is 18.4. The van der Waals surface area contributed by atoms with Crippen molar-refractivity contribution in [2.24, 2.45) is 0 Å². The quantitative estimate of drug-likeness (QED) is 0.0401.